The highest BCUT2D eigenvalue weighted by Crippen LogP contribution is 2.28. The fraction of sp³-hybridized carbons (Fsp3) is 0.500. The van der Waals surface area contributed by atoms with E-state index >= 15 is 0 Å². The second-order valence-electron chi connectivity index (χ2n) is 5.04. The molecule has 21 heavy (non-hydrogen) atoms. The molecule has 1 amide bonds. The highest BCUT2D eigenvalue weighted by atomic mass is 16.6. The van der Waals surface area contributed by atoms with Crippen LogP contribution in [0.2, 0.25) is 0 Å². The fourth-order valence-corrected chi connectivity index (χ4v) is 2.53. The van der Waals surface area contributed by atoms with Gasteiger partial charge in [-0.05, 0) is 38.1 Å². The molecule has 1 fully saturated rings. The molecule has 1 aliphatic rings. The predicted molar refractivity (Wildman–Crippen MR) is 77.6 cm³/mol. The van der Waals surface area contributed by atoms with Crippen molar-refractivity contribution in [3.63, 3.8) is 0 Å². The van der Waals surface area contributed by atoms with Crippen molar-refractivity contribution in [2.24, 2.45) is 0 Å². The SMILES string of the molecule is COc1ccc(C(=O)N(C)C2CCNCC2)cc1[N+](=O)[O-]. The molecule has 0 saturated carbocycles. The highest BCUT2D eigenvalue weighted by Gasteiger charge is 2.25. The average Bonchev–Trinajstić information content (AvgIpc) is 2.53. The number of hydrogen-bond acceptors (Lipinski definition) is 5. The average molecular weight is 293 g/mol. The van der Waals surface area contributed by atoms with Crippen molar-refractivity contribution in [2.45, 2.75) is 18.9 Å². The Morgan fingerprint density at radius 3 is 2.67 bits per heavy atom. The molecule has 0 aliphatic carbocycles. The van der Waals surface area contributed by atoms with E-state index in [1.165, 1.54) is 19.2 Å². The summed E-state index contributed by atoms with van der Waals surface area (Å²) < 4.78 is 4.94. The topological polar surface area (TPSA) is 84.7 Å². The van der Waals surface area contributed by atoms with Crippen molar-refractivity contribution in [3.05, 3.63) is 33.9 Å². The number of hydrogen-bond donors (Lipinski definition) is 1. The number of benzene rings is 1. The van der Waals surface area contributed by atoms with Gasteiger partial charge in [0.25, 0.3) is 5.91 Å². The van der Waals surface area contributed by atoms with Gasteiger partial charge in [-0.15, -0.1) is 0 Å². The molecule has 7 heteroatoms. The van der Waals surface area contributed by atoms with Crippen molar-refractivity contribution in [2.75, 3.05) is 27.2 Å². The van der Waals surface area contributed by atoms with Gasteiger partial charge in [-0.3, -0.25) is 14.9 Å². The maximum atomic E-state index is 12.5. The van der Waals surface area contributed by atoms with Crippen LogP contribution in [0.15, 0.2) is 18.2 Å². The number of nitrogens with one attached hydrogen (secondary N) is 1. The normalized spacial score (nSPS) is 15.5. The summed E-state index contributed by atoms with van der Waals surface area (Å²) in [6.45, 7) is 1.76. The Bertz CT molecular complexity index is 541. The second-order valence-corrected chi connectivity index (χ2v) is 5.04. The molecule has 1 N–H and O–H groups in total. The molecule has 1 saturated heterocycles. The van der Waals surface area contributed by atoms with E-state index in [1.54, 1.807) is 18.0 Å². The lowest BCUT2D eigenvalue weighted by molar-refractivity contribution is -0.385. The quantitative estimate of drug-likeness (QED) is 0.670. The van der Waals surface area contributed by atoms with Gasteiger partial charge >= 0.3 is 5.69 Å². The van der Waals surface area contributed by atoms with Gasteiger partial charge in [0, 0.05) is 24.7 Å². The summed E-state index contributed by atoms with van der Waals surface area (Å²) in [4.78, 5) is 24.6. The molecule has 0 radical (unpaired) electrons. The third-order valence-corrected chi connectivity index (χ3v) is 3.80. The van der Waals surface area contributed by atoms with E-state index in [0.717, 1.165) is 25.9 Å². The molecule has 0 atom stereocenters. The van der Waals surface area contributed by atoms with Crippen LogP contribution in [0.5, 0.6) is 5.75 Å². The van der Waals surface area contributed by atoms with Crippen molar-refractivity contribution in [3.8, 4) is 5.75 Å². The van der Waals surface area contributed by atoms with Gasteiger partial charge in [-0.1, -0.05) is 0 Å². The first kappa shape index (κ1) is 15.2. The number of ether oxygens (including phenoxy) is 1. The predicted octanol–water partition coefficient (Wildman–Crippen LogP) is 1.43. The Morgan fingerprint density at radius 1 is 1.43 bits per heavy atom. The minimum absolute atomic E-state index is 0.154. The Morgan fingerprint density at radius 2 is 2.10 bits per heavy atom. The molecule has 7 nitrogen and oxygen atoms in total. The number of piperidine rings is 1. The zero-order valence-corrected chi connectivity index (χ0v) is 12.2. The lowest BCUT2D eigenvalue weighted by Crippen LogP contribution is -2.43. The second kappa shape index (κ2) is 6.53. The van der Waals surface area contributed by atoms with E-state index in [-0.39, 0.29) is 23.4 Å². The number of carbonyl (C=O) groups excluding carboxylic acids is 1. The number of amides is 1. The molecule has 2 rings (SSSR count). The lowest BCUT2D eigenvalue weighted by atomic mass is 10.0. The molecular weight excluding hydrogens is 274 g/mol. The molecule has 114 valence electrons. The molecule has 1 heterocycles. The van der Waals surface area contributed by atoms with Crippen LogP contribution in [0.3, 0.4) is 0 Å². The van der Waals surface area contributed by atoms with Gasteiger partial charge < -0.3 is 15.0 Å². The van der Waals surface area contributed by atoms with Crippen LogP contribution >= 0.6 is 0 Å². The number of nitrogens with zero attached hydrogens (tertiary/aromatic N) is 2. The van der Waals surface area contributed by atoms with Gasteiger partial charge in [-0.2, -0.15) is 0 Å². The van der Waals surface area contributed by atoms with Crippen LogP contribution < -0.4 is 10.1 Å². The van der Waals surface area contributed by atoms with E-state index in [2.05, 4.69) is 5.32 Å². The summed E-state index contributed by atoms with van der Waals surface area (Å²) in [5.74, 6) is -0.0475. The standard InChI is InChI=1S/C14H19N3O4/c1-16(11-5-7-15-8-6-11)14(18)10-3-4-13(21-2)12(9-10)17(19)20/h3-4,9,11,15H,5-8H2,1-2H3. The number of methoxy groups -OCH3 is 1. The minimum atomic E-state index is -0.542. The first-order valence-electron chi connectivity index (χ1n) is 6.85. The summed E-state index contributed by atoms with van der Waals surface area (Å²) in [7, 11) is 3.11. The van der Waals surface area contributed by atoms with Gasteiger partial charge in [0.1, 0.15) is 0 Å². The molecule has 0 spiro atoms. The van der Waals surface area contributed by atoms with Crippen molar-refractivity contribution in [1.29, 1.82) is 0 Å². The maximum absolute atomic E-state index is 12.5. The summed E-state index contributed by atoms with van der Waals surface area (Å²) in [5.41, 5.74) is 0.116. The Hall–Kier alpha value is -2.15. The van der Waals surface area contributed by atoms with E-state index in [9.17, 15) is 14.9 Å². The maximum Gasteiger partial charge on any atom is 0.311 e. The molecule has 1 aromatic rings. The third kappa shape index (κ3) is 3.30. The monoisotopic (exact) mass is 293 g/mol. The van der Waals surface area contributed by atoms with E-state index < -0.39 is 4.92 Å². The summed E-state index contributed by atoms with van der Waals surface area (Å²) in [5, 5.41) is 14.3. The van der Waals surface area contributed by atoms with E-state index in [4.69, 9.17) is 4.74 Å². The number of rotatable bonds is 4. The first-order chi connectivity index (χ1) is 10.0. The minimum Gasteiger partial charge on any atom is -0.490 e. The van der Waals surface area contributed by atoms with Crippen molar-refractivity contribution >= 4 is 11.6 Å². The number of nitro groups is 1. The molecule has 1 aromatic carbocycles. The van der Waals surface area contributed by atoms with Crippen LogP contribution in [0, 0.1) is 10.1 Å². The van der Waals surface area contributed by atoms with Gasteiger partial charge in [0.2, 0.25) is 0 Å². The van der Waals surface area contributed by atoms with Crippen LogP contribution in [-0.4, -0.2) is 49.0 Å². The number of carbonyl (C=O) groups is 1. The lowest BCUT2D eigenvalue weighted by Gasteiger charge is -2.31. The smallest absolute Gasteiger partial charge is 0.311 e. The molecular formula is C14H19N3O4. The fourth-order valence-electron chi connectivity index (χ4n) is 2.53. The molecule has 0 unspecified atom stereocenters. The van der Waals surface area contributed by atoms with Crippen molar-refractivity contribution < 1.29 is 14.5 Å². The van der Waals surface area contributed by atoms with Crippen LogP contribution in [0.1, 0.15) is 23.2 Å². The summed E-state index contributed by atoms with van der Waals surface area (Å²) in [6.07, 6.45) is 1.78. The zero-order chi connectivity index (χ0) is 15.4. The van der Waals surface area contributed by atoms with Crippen LogP contribution in [0.25, 0.3) is 0 Å². The summed E-state index contributed by atoms with van der Waals surface area (Å²) >= 11 is 0. The number of nitro benzene ring substituents is 1. The van der Waals surface area contributed by atoms with Gasteiger partial charge in [-0.25, -0.2) is 0 Å². The van der Waals surface area contributed by atoms with Crippen LogP contribution in [0.4, 0.5) is 5.69 Å². The Labute approximate surface area is 123 Å². The third-order valence-electron chi connectivity index (χ3n) is 3.80. The van der Waals surface area contributed by atoms with Crippen molar-refractivity contribution in [1.82, 2.24) is 10.2 Å². The Kier molecular flexibility index (Phi) is 4.74. The molecule has 1 aliphatic heterocycles. The van der Waals surface area contributed by atoms with E-state index in [1.807, 2.05) is 0 Å². The first-order valence-corrected chi connectivity index (χ1v) is 6.85. The summed E-state index contributed by atoms with van der Waals surface area (Å²) in [6, 6.07) is 4.46. The van der Waals surface area contributed by atoms with Gasteiger partial charge in [0.05, 0.1) is 12.0 Å². The highest BCUT2D eigenvalue weighted by molar-refractivity contribution is 5.95. The molecule has 0 aromatic heterocycles. The van der Waals surface area contributed by atoms with Gasteiger partial charge in [0.15, 0.2) is 5.75 Å². The zero-order valence-electron chi connectivity index (χ0n) is 12.2. The van der Waals surface area contributed by atoms with E-state index in [0.29, 0.717) is 5.56 Å². The van der Waals surface area contributed by atoms with Crippen LogP contribution in [-0.2, 0) is 0 Å². The largest absolute Gasteiger partial charge is 0.490 e. The molecule has 0 bridgehead atoms. The Balaban J connectivity index is 2.22.